The molecule has 0 unspecified atom stereocenters. The normalized spacial score (nSPS) is 12.3. The van der Waals surface area contributed by atoms with Gasteiger partial charge in [0.2, 0.25) is 0 Å². The van der Waals surface area contributed by atoms with Gasteiger partial charge >= 0.3 is 6.18 Å². The Labute approximate surface area is 132 Å². The molecule has 7 heteroatoms. The summed E-state index contributed by atoms with van der Waals surface area (Å²) in [5.74, 6) is -0.787. The summed E-state index contributed by atoms with van der Waals surface area (Å²) >= 11 is 0. The molecule has 0 aliphatic rings. The number of alkyl halides is 3. The van der Waals surface area contributed by atoms with Gasteiger partial charge in [0, 0.05) is 5.54 Å². The summed E-state index contributed by atoms with van der Waals surface area (Å²) < 4.78 is 41.0. The number of aromatic nitrogens is 2. The van der Waals surface area contributed by atoms with Crippen molar-refractivity contribution in [2.24, 2.45) is 0 Å². The Bertz CT molecular complexity index is 713. The van der Waals surface area contributed by atoms with Gasteiger partial charge in [-0.2, -0.15) is 18.3 Å². The first kappa shape index (κ1) is 17.1. The SMILES string of the molecule is Cc1c(C(=O)NC(C)(C)C)c(C(F)(F)F)nn1-c1ccccc1. The largest absolute Gasteiger partial charge is 0.435 e. The van der Waals surface area contributed by atoms with Crippen molar-refractivity contribution in [3.63, 3.8) is 0 Å². The predicted molar refractivity (Wildman–Crippen MR) is 80.5 cm³/mol. The first-order chi connectivity index (χ1) is 10.5. The maximum absolute atomic E-state index is 13.3. The van der Waals surface area contributed by atoms with Gasteiger partial charge < -0.3 is 5.32 Å². The van der Waals surface area contributed by atoms with E-state index >= 15 is 0 Å². The van der Waals surface area contributed by atoms with Crippen LogP contribution in [-0.4, -0.2) is 21.2 Å². The monoisotopic (exact) mass is 325 g/mol. The van der Waals surface area contributed by atoms with Crippen molar-refractivity contribution >= 4 is 5.91 Å². The van der Waals surface area contributed by atoms with E-state index in [1.807, 2.05) is 0 Å². The fraction of sp³-hybridized carbons (Fsp3) is 0.375. The van der Waals surface area contributed by atoms with Gasteiger partial charge in [0.15, 0.2) is 5.69 Å². The zero-order valence-corrected chi connectivity index (χ0v) is 13.3. The van der Waals surface area contributed by atoms with E-state index in [9.17, 15) is 18.0 Å². The molecule has 1 aromatic carbocycles. The van der Waals surface area contributed by atoms with E-state index in [4.69, 9.17) is 0 Å². The van der Waals surface area contributed by atoms with E-state index in [0.717, 1.165) is 4.68 Å². The summed E-state index contributed by atoms with van der Waals surface area (Å²) in [5.41, 5.74) is -1.67. The highest BCUT2D eigenvalue weighted by atomic mass is 19.4. The van der Waals surface area contributed by atoms with Gasteiger partial charge in [-0.15, -0.1) is 0 Å². The first-order valence-corrected chi connectivity index (χ1v) is 7.05. The second kappa shape index (κ2) is 5.72. The molecule has 0 saturated heterocycles. The second-order valence-corrected chi connectivity index (χ2v) is 6.26. The molecule has 0 aliphatic heterocycles. The van der Waals surface area contributed by atoms with Crippen LogP contribution < -0.4 is 5.32 Å². The summed E-state index contributed by atoms with van der Waals surface area (Å²) in [6.45, 7) is 6.56. The first-order valence-electron chi connectivity index (χ1n) is 7.05. The van der Waals surface area contributed by atoms with E-state index < -0.39 is 28.9 Å². The third-order valence-electron chi connectivity index (χ3n) is 3.10. The highest BCUT2D eigenvalue weighted by Gasteiger charge is 2.41. The summed E-state index contributed by atoms with van der Waals surface area (Å²) in [4.78, 5) is 12.3. The number of hydrogen-bond donors (Lipinski definition) is 1. The molecule has 2 aromatic rings. The zero-order valence-electron chi connectivity index (χ0n) is 13.3. The lowest BCUT2D eigenvalue weighted by Crippen LogP contribution is -2.41. The van der Waals surface area contributed by atoms with E-state index in [2.05, 4.69) is 10.4 Å². The van der Waals surface area contributed by atoms with Crippen LogP contribution in [0.15, 0.2) is 30.3 Å². The second-order valence-electron chi connectivity index (χ2n) is 6.26. The predicted octanol–water partition coefficient (Wildman–Crippen LogP) is 3.73. The quantitative estimate of drug-likeness (QED) is 0.914. The molecule has 23 heavy (non-hydrogen) atoms. The highest BCUT2D eigenvalue weighted by molar-refractivity contribution is 5.97. The maximum atomic E-state index is 13.3. The number of nitrogens with one attached hydrogen (secondary N) is 1. The van der Waals surface area contributed by atoms with Crippen LogP contribution in [0.1, 0.15) is 42.5 Å². The van der Waals surface area contributed by atoms with Gasteiger partial charge in [-0.3, -0.25) is 4.79 Å². The fourth-order valence-electron chi connectivity index (χ4n) is 2.20. The molecule has 1 N–H and O–H groups in total. The van der Waals surface area contributed by atoms with Crippen molar-refractivity contribution in [1.29, 1.82) is 0 Å². The lowest BCUT2D eigenvalue weighted by Gasteiger charge is -2.21. The van der Waals surface area contributed by atoms with Gasteiger partial charge in [-0.1, -0.05) is 18.2 Å². The van der Waals surface area contributed by atoms with Crippen LogP contribution in [0, 0.1) is 6.92 Å². The molecule has 124 valence electrons. The fourth-order valence-corrected chi connectivity index (χ4v) is 2.20. The molecule has 4 nitrogen and oxygen atoms in total. The molecule has 0 saturated carbocycles. The van der Waals surface area contributed by atoms with E-state index in [-0.39, 0.29) is 5.69 Å². The molecule has 0 spiro atoms. The Balaban J connectivity index is 2.61. The Morgan fingerprint density at radius 3 is 2.17 bits per heavy atom. The minimum atomic E-state index is -4.71. The lowest BCUT2D eigenvalue weighted by molar-refractivity contribution is -0.141. The smallest absolute Gasteiger partial charge is 0.347 e. The van der Waals surface area contributed by atoms with Crippen molar-refractivity contribution in [3.05, 3.63) is 47.3 Å². The number of amides is 1. The van der Waals surface area contributed by atoms with Crippen molar-refractivity contribution in [2.75, 3.05) is 0 Å². The molecule has 0 bridgehead atoms. The van der Waals surface area contributed by atoms with E-state index in [0.29, 0.717) is 5.69 Å². The van der Waals surface area contributed by atoms with Gasteiger partial charge in [-0.25, -0.2) is 4.68 Å². The molecular formula is C16H18F3N3O. The van der Waals surface area contributed by atoms with E-state index in [1.165, 1.54) is 6.92 Å². The average Bonchev–Trinajstić information content (AvgIpc) is 2.75. The number of para-hydroxylation sites is 1. The number of carbonyl (C=O) groups excluding carboxylic acids is 1. The standard InChI is InChI=1S/C16H18F3N3O/c1-10-12(14(23)20-15(2,3)4)13(16(17,18)19)21-22(10)11-8-6-5-7-9-11/h5-9H,1-4H3,(H,20,23). The molecule has 0 fully saturated rings. The van der Waals surface area contributed by atoms with Gasteiger partial charge in [0.1, 0.15) is 0 Å². The van der Waals surface area contributed by atoms with Crippen LogP contribution >= 0.6 is 0 Å². The van der Waals surface area contributed by atoms with Crippen molar-refractivity contribution in [2.45, 2.75) is 39.4 Å². The summed E-state index contributed by atoms with van der Waals surface area (Å²) in [5, 5.41) is 6.19. The van der Waals surface area contributed by atoms with Gasteiger partial charge in [0.25, 0.3) is 5.91 Å². The third kappa shape index (κ3) is 3.72. The highest BCUT2D eigenvalue weighted by Crippen LogP contribution is 2.33. The van der Waals surface area contributed by atoms with Gasteiger partial charge in [0.05, 0.1) is 16.9 Å². The summed E-state index contributed by atoms with van der Waals surface area (Å²) in [6.07, 6.45) is -4.71. The lowest BCUT2D eigenvalue weighted by atomic mass is 10.1. The number of carbonyl (C=O) groups is 1. The van der Waals surface area contributed by atoms with Crippen LogP contribution in [-0.2, 0) is 6.18 Å². The van der Waals surface area contributed by atoms with Crippen molar-refractivity contribution in [3.8, 4) is 5.69 Å². The number of nitrogens with zero attached hydrogens (tertiary/aromatic N) is 2. The number of hydrogen-bond acceptors (Lipinski definition) is 2. The summed E-state index contributed by atoms with van der Waals surface area (Å²) in [7, 11) is 0. The molecule has 1 amide bonds. The number of halogens is 3. The van der Waals surface area contributed by atoms with Crippen LogP contribution in [0.5, 0.6) is 0 Å². The molecule has 1 aromatic heterocycles. The van der Waals surface area contributed by atoms with Crippen LogP contribution in [0.3, 0.4) is 0 Å². The molecule has 0 atom stereocenters. The van der Waals surface area contributed by atoms with Crippen LogP contribution in [0.2, 0.25) is 0 Å². The maximum Gasteiger partial charge on any atom is 0.435 e. The Kier molecular flexibility index (Phi) is 4.24. The average molecular weight is 325 g/mol. The topological polar surface area (TPSA) is 46.9 Å². The molecule has 0 radical (unpaired) electrons. The molecule has 1 heterocycles. The number of benzene rings is 1. The van der Waals surface area contributed by atoms with Gasteiger partial charge in [-0.05, 0) is 39.8 Å². The van der Waals surface area contributed by atoms with Crippen molar-refractivity contribution in [1.82, 2.24) is 15.1 Å². The Morgan fingerprint density at radius 1 is 1.13 bits per heavy atom. The zero-order chi connectivity index (χ0) is 17.4. The molecule has 2 rings (SSSR count). The Hall–Kier alpha value is -2.31. The van der Waals surface area contributed by atoms with Crippen molar-refractivity contribution < 1.29 is 18.0 Å². The third-order valence-corrected chi connectivity index (χ3v) is 3.10. The minimum absolute atomic E-state index is 0.144. The van der Waals surface area contributed by atoms with E-state index in [1.54, 1.807) is 51.1 Å². The summed E-state index contributed by atoms with van der Waals surface area (Å²) in [6, 6.07) is 8.40. The molecule has 0 aliphatic carbocycles. The number of rotatable bonds is 2. The molecular weight excluding hydrogens is 307 g/mol. The van der Waals surface area contributed by atoms with Crippen LogP contribution in [0.4, 0.5) is 13.2 Å². The van der Waals surface area contributed by atoms with Crippen LogP contribution in [0.25, 0.3) is 5.69 Å². The Morgan fingerprint density at radius 2 is 1.70 bits per heavy atom. The minimum Gasteiger partial charge on any atom is -0.347 e.